The number of nitrogens with one attached hydrogen (secondary N) is 14. The van der Waals surface area contributed by atoms with Crippen LogP contribution in [-0.2, 0) is 115 Å². The second kappa shape index (κ2) is 49.2. The van der Waals surface area contributed by atoms with Gasteiger partial charge in [-0.1, -0.05) is 106 Å². The number of nitrogens with two attached hydrogens (primary N) is 2. The smallest absolute Gasteiger partial charge is 0.327 e. The third kappa shape index (κ3) is 34.2. The van der Waals surface area contributed by atoms with E-state index in [2.05, 4.69) is 112 Å². The lowest BCUT2D eigenvalue weighted by molar-refractivity contribution is -0.143. The summed E-state index contributed by atoms with van der Waals surface area (Å²) in [7, 11) is 0. The molecule has 45 heteroatoms. The van der Waals surface area contributed by atoms with Crippen LogP contribution in [0.2, 0.25) is 0 Å². The third-order valence-electron chi connectivity index (χ3n) is 18.2. The first-order valence-corrected chi connectivity index (χ1v) is 39.7. The predicted molar refractivity (Wildman–Crippen MR) is 442 cm³/mol. The van der Waals surface area contributed by atoms with Crippen molar-refractivity contribution in [1.29, 1.82) is 0 Å². The molecule has 0 aromatic heterocycles. The number of rotatable bonds is 50. The van der Waals surface area contributed by atoms with E-state index in [0.717, 1.165) is 6.92 Å². The number of aromatic hydroxyl groups is 1. The molecule has 0 saturated carbocycles. The van der Waals surface area contributed by atoms with Gasteiger partial charge in [-0.25, -0.2) is 4.79 Å². The maximum absolute atomic E-state index is 14.8. The number of aliphatic carboxylic acids is 5. The number of fused-ring (bicyclic) bond motifs is 1. The van der Waals surface area contributed by atoms with Crippen molar-refractivity contribution in [1.82, 2.24) is 74.4 Å². The maximum atomic E-state index is 14.8. The number of primary amides is 1. The lowest BCUT2D eigenvalue weighted by Crippen LogP contribution is -2.62. The molecule has 24 N–H and O–H groups in total. The van der Waals surface area contributed by atoms with E-state index in [0.29, 0.717) is 21.9 Å². The lowest BCUT2D eigenvalue weighted by atomic mass is 9.85. The quantitative estimate of drug-likeness (QED) is 0.0185. The summed E-state index contributed by atoms with van der Waals surface area (Å²) in [5.74, 6) is -27.0. The normalized spacial score (nSPS) is 14.8. The number of carboxylic acid groups (broad SMARTS) is 5. The van der Waals surface area contributed by atoms with Crippen LogP contribution in [0.1, 0.15) is 103 Å². The van der Waals surface area contributed by atoms with Gasteiger partial charge in [-0.2, -0.15) is 37.9 Å². The molecular formula is C77H102N16O26S3. The minimum Gasteiger partial charge on any atom is -0.508 e. The standard InChI is InChI=1S/C77H102N16O26S3/c1-36(78)62(104)90-53(33-120)73(115)81-37(2)63(105)84-50(30-56(79)95)70(112)82-45(23-25-57(96)97)65(107)87-49(29-42-17-12-16-41-15-10-11-18-44(41)42)67(109)80-38(3)64(106)91-54(34-121)74(116)83-46(24-26-58(98)99)66(108)88-51(31-59(100)101)71(113)86-47(27-39-13-8-7-9-14-39)68(110)85-48(28-40-19-21-43(94)22-20-40)69(111)89-52(32-60(102)103)72(114)93-61(77(4,5)6)75(117)92-55(35-122)76(118)119/h7-22,36-38,45-55,61,94,120-122H,23-35,78H2,1-6H3,(H2,79,95)(H,80,109)(H,81,115)(H,82,112)(H,83,116)(H,84,105)(H,85,110)(H,86,113)(H,87,107)(H,88,108)(H,89,111)(H,90,104)(H,91,106)(H,92,117)(H,93,114)(H,96,97)(H,98,99)(H,100,101)(H,102,103)(H,118,119)/t36-,37+,38+,45-,46-,47-,48-,49-,50-,51-,52-,53-,54-,55-,61+/m0/s1. The fourth-order valence-electron chi connectivity index (χ4n) is 11.6. The highest BCUT2D eigenvalue weighted by atomic mass is 32.1. The Hall–Kier alpha value is -12.7. The van der Waals surface area contributed by atoms with Gasteiger partial charge >= 0.3 is 29.8 Å². The van der Waals surface area contributed by atoms with E-state index >= 15 is 0 Å². The Labute approximate surface area is 714 Å². The molecule has 4 rings (SSSR count). The van der Waals surface area contributed by atoms with Crippen LogP contribution < -0.4 is 85.9 Å². The first-order chi connectivity index (χ1) is 57.2. The Morgan fingerprint density at radius 1 is 0.344 bits per heavy atom. The zero-order valence-corrected chi connectivity index (χ0v) is 69.6. The largest absolute Gasteiger partial charge is 0.508 e. The number of carbonyl (C=O) groups is 20. The van der Waals surface area contributed by atoms with Gasteiger partial charge in [0.05, 0.1) is 25.3 Å². The van der Waals surface area contributed by atoms with Crippen LogP contribution in [0, 0.1) is 5.41 Å². The number of phenols is 1. The Balaban J connectivity index is 1.64. The van der Waals surface area contributed by atoms with Crippen molar-refractivity contribution in [2.24, 2.45) is 16.9 Å². The molecule has 0 aliphatic heterocycles. The SMILES string of the molecule is C[C@H](N)C(=O)N[C@@H](CS)C(=O)N[C@H](C)C(=O)N[C@@H](CC(N)=O)C(=O)N[C@@H](CCC(=O)O)C(=O)N[C@@H](Cc1cccc2ccccc12)C(=O)N[C@H](C)C(=O)N[C@@H](CS)C(=O)N[C@@H](CCC(=O)O)C(=O)N[C@@H](CC(=O)O)C(=O)N[C@@H](Cc1ccccc1)C(=O)N[C@@H](Cc1ccc(O)cc1)C(=O)N[C@@H](CC(=O)O)C(=O)N[C@H](C(=O)N[C@@H](CS)C(=O)O)C(C)(C)C. The van der Waals surface area contributed by atoms with E-state index in [9.17, 15) is 127 Å². The van der Waals surface area contributed by atoms with Gasteiger partial charge in [-0.3, -0.25) is 91.1 Å². The van der Waals surface area contributed by atoms with Gasteiger partial charge in [-0.15, -0.1) is 0 Å². The number of carbonyl (C=O) groups excluding carboxylic acids is 15. The summed E-state index contributed by atoms with van der Waals surface area (Å²) in [5.41, 5.74) is 10.8. The van der Waals surface area contributed by atoms with Gasteiger partial charge in [0.1, 0.15) is 90.3 Å². The minimum atomic E-state index is -2.21. The molecule has 0 bridgehead atoms. The molecule has 15 amide bonds. The van der Waals surface area contributed by atoms with Crippen molar-refractivity contribution in [2.45, 2.75) is 196 Å². The first kappa shape index (κ1) is 102. The van der Waals surface area contributed by atoms with Crippen LogP contribution in [0.5, 0.6) is 5.75 Å². The molecule has 664 valence electrons. The predicted octanol–water partition coefficient (Wildman–Crippen LogP) is -4.78. The van der Waals surface area contributed by atoms with Crippen LogP contribution in [-0.4, -0.2) is 257 Å². The van der Waals surface area contributed by atoms with Crippen molar-refractivity contribution in [2.75, 3.05) is 17.3 Å². The number of phenolic OH excluding ortho intramolecular Hbond substituents is 1. The summed E-state index contributed by atoms with van der Waals surface area (Å²) in [6.45, 7) is 8.07. The van der Waals surface area contributed by atoms with E-state index in [1.165, 1.54) is 83.1 Å². The van der Waals surface area contributed by atoms with Gasteiger partial charge in [-0.05, 0) is 78.6 Å². The number of thiol groups is 3. The number of amides is 15. The highest BCUT2D eigenvalue weighted by Gasteiger charge is 2.41. The molecule has 0 radical (unpaired) electrons. The Bertz CT molecular complexity index is 4480. The summed E-state index contributed by atoms with van der Waals surface area (Å²) < 4.78 is 0. The number of carboxylic acids is 5. The van der Waals surface area contributed by atoms with Crippen molar-refractivity contribution >= 4 is 167 Å². The van der Waals surface area contributed by atoms with E-state index < -0.39 is 284 Å². The summed E-state index contributed by atoms with van der Waals surface area (Å²) in [4.78, 5) is 269. The Morgan fingerprint density at radius 2 is 0.680 bits per heavy atom. The van der Waals surface area contributed by atoms with Crippen molar-refractivity contribution in [3.05, 3.63) is 114 Å². The fraction of sp³-hybridized carbons (Fsp3) is 0.455. The molecule has 0 heterocycles. The molecule has 0 aliphatic rings. The molecule has 0 unspecified atom stereocenters. The summed E-state index contributed by atoms with van der Waals surface area (Å²) in [6.07, 6.45) is -7.92. The monoisotopic (exact) mass is 1760 g/mol. The Morgan fingerprint density at radius 3 is 1.11 bits per heavy atom. The van der Waals surface area contributed by atoms with E-state index in [-0.39, 0.29) is 22.8 Å². The van der Waals surface area contributed by atoms with Crippen LogP contribution in [0.25, 0.3) is 10.8 Å². The fourth-order valence-corrected chi connectivity index (χ4v) is 12.4. The minimum absolute atomic E-state index is 0.221. The lowest BCUT2D eigenvalue weighted by Gasteiger charge is -2.32. The topological polar surface area (TPSA) is 683 Å². The highest BCUT2D eigenvalue weighted by Crippen LogP contribution is 2.23. The first-order valence-electron chi connectivity index (χ1n) is 37.8. The third-order valence-corrected chi connectivity index (χ3v) is 19.3. The molecule has 0 aliphatic carbocycles. The molecular weight excluding hydrogens is 1660 g/mol. The van der Waals surface area contributed by atoms with Crippen LogP contribution >= 0.6 is 37.9 Å². The summed E-state index contributed by atoms with van der Waals surface area (Å²) >= 11 is 12.2. The van der Waals surface area contributed by atoms with Crippen molar-refractivity contribution in [3.63, 3.8) is 0 Å². The molecule has 0 spiro atoms. The Kier molecular flexibility index (Phi) is 41.0. The van der Waals surface area contributed by atoms with E-state index in [4.69, 9.17) is 11.5 Å². The summed E-state index contributed by atoms with van der Waals surface area (Å²) in [6, 6.07) is -1.45. The average Bonchev–Trinajstić information content (AvgIpc) is 0.815. The van der Waals surface area contributed by atoms with Crippen LogP contribution in [0.15, 0.2) is 97.1 Å². The van der Waals surface area contributed by atoms with Crippen LogP contribution in [0.3, 0.4) is 0 Å². The van der Waals surface area contributed by atoms with Gasteiger partial charge in [0.15, 0.2) is 0 Å². The zero-order valence-electron chi connectivity index (χ0n) is 66.9. The van der Waals surface area contributed by atoms with Gasteiger partial charge in [0, 0.05) is 49.4 Å². The van der Waals surface area contributed by atoms with Gasteiger partial charge < -0.3 is 117 Å². The molecule has 4 aromatic carbocycles. The van der Waals surface area contributed by atoms with E-state index in [1.54, 1.807) is 48.5 Å². The van der Waals surface area contributed by atoms with Crippen LogP contribution in [0.4, 0.5) is 0 Å². The average molecular weight is 1760 g/mol. The second-order valence-electron chi connectivity index (χ2n) is 29.2. The van der Waals surface area contributed by atoms with Crippen molar-refractivity contribution in [3.8, 4) is 5.75 Å². The molecule has 42 nitrogen and oxygen atoms in total. The number of benzene rings is 4. The van der Waals surface area contributed by atoms with Gasteiger partial charge in [0.25, 0.3) is 0 Å². The molecule has 15 atom stereocenters. The number of hydrogen-bond donors (Lipinski definition) is 25. The van der Waals surface area contributed by atoms with Crippen molar-refractivity contribution < 1.29 is 127 Å². The molecule has 4 aromatic rings. The molecule has 0 saturated heterocycles. The maximum Gasteiger partial charge on any atom is 0.327 e. The number of hydrogen-bond acceptors (Lipinski definition) is 25. The van der Waals surface area contributed by atoms with E-state index in [1.807, 2.05) is 0 Å². The molecule has 122 heavy (non-hydrogen) atoms. The van der Waals surface area contributed by atoms with Gasteiger partial charge in [0.2, 0.25) is 88.6 Å². The molecule has 0 fully saturated rings. The second-order valence-corrected chi connectivity index (χ2v) is 30.3. The zero-order chi connectivity index (χ0) is 91.6. The summed E-state index contributed by atoms with van der Waals surface area (Å²) in [5, 5.41) is 93.0. The highest BCUT2D eigenvalue weighted by molar-refractivity contribution is 7.80.